The van der Waals surface area contributed by atoms with Crippen LogP contribution in [0.2, 0.25) is 5.02 Å². The quantitative estimate of drug-likeness (QED) is 0.910. The molecule has 0 aliphatic rings. The van der Waals surface area contributed by atoms with E-state index >= 15 is 0 Å². The smallest absolute Gasteiger partial charge is 0.241 e. The van der Waals surface area contributed by atoms with Gasteiger partial charge in [0.05, 0.1) is 7.11 Å². The van der Waals surface area contributed by atoms with Gasteiger partial charge in [-0.1, -0.05) is 17.7 Å². The van der Waals surface area contributed by atoms with Crippen LogP contribution in [0.1, 0.15) is 0 Å². The van der Waals surface area contributed by atoms with Crippen molar-refractivity contribution in [3.63, 3.8) is 0 Å². The number of rotatable bonds is 2. The normalized spacial score (nSPS) is 11.7. The van der Waals surface area contributed by atoms with E-state index in [1.54, 1.807) is 24.3 Å². The monoisotopic (exact) mass is 271 g/mol. The molecule has 0 fully saturated rings. The lowest BCUT2D eigenvalue weighted by molar-refractivity contribution is 0.403. The third-order valence-electron chi connectivity index (χ3n) is 2.39. The van der Waals surface area contributed by atoms with Crippen LogP contribution in [0.25, 0.3) is 10.8 Å². The van der Waals surface area contributed by atoms with Crippen LogP contribution in [-0.2, 0) is 10.0 Å². The lowest BCUT2D eigenvalue weighted by Gasteiger charge is -2.08. The molecular weight excluding hydrogens is 262 g/mol. The van der Waals surface area contributed by atoms with Crippen LogP contribution in [0.5, 0.6) is 5.75 Å². The van der Waals surface area contributed by atoms with Gasteiger partial charge in [0, 0.05) is 5.02 Å². The van der Waals surface area contributed by atoms with Crippen LogP contribution < -0.4 is 9.88 Å². The molecule has 0 atom stereocenters. The molecule has 0 aliphatic heterocycles. The van der Waals surface area contributed by atoms with Crippen LogP contribution >= 0.6 is 11.6 Å². The first-order valence-electron chi connectivity index (χ1n) is 4.72. The van der Waals surface area contributed by atoms with Crippen LogP contribution in [0.3, 0.4) is 0 Å². The molecule has 0 bridgehead atoms. The summed E-state index contributed by atoms with van der Waals surface area (Å²) in [5, 5.41) is 7.18. The fraction of sp³-hybridized carbons (Fsp3) is 0.0909. The number of primary sulfonamides is 1. The van der Waals surface area contributed by atoms with Crippen molar-refractivity contribution in [3.8, 4) is 5.75 Å². The van der Waals surface area contributed by atoms with Gasteiger partial charge in [-0.2, -0.15) is 0 Å². The SMILES string of the molecule is COc1cc2ccc(Cl)cc2cc1S(N)(=O)=O. The third kappa shape index (κ3) is 2.36. The largest absolute Gasteiger partial charge is 0.495 e. The maximum atomic E-state index is 11.4. The fourth-order valence-electron chi connectivity index (χ4n) is 1.61. The summed E-state index contributed by atoms with van der Waals surface area (Å²) >= 11 is 5.85. The fourth-order valence-corrected chi connectivity index (χ4v) is 2.50. The van der Waals surface area contributed by atoms with Crippen molar-refractivity contribution in [2.45, 2.75) is 4.90 Å². The molecule has 0 radical (unpaired) electrons. The molecule has 6 heteroatoms. The van der Waals surface area contributed by atoms with Crippen LogP contribution in [0.4, 0.5) is 0 Å². The Morgan fingerprint density at radius 1 is 1.18 bits per heavy atom. The van der Waals surface area contributed by atoms with Gasteiger partial charge in [0.15, 0.2) is 0 Å². The Bertz CT molecular complexity index is 682. The number of hydrogen-bond acceptors (Lipinski definition) is 3. The lowest BCUT2D eigenvalue weighted by atomic mass is 10.1. The highest BCUT2D eigenvalue weighted by atomic mass is 35.5. The predicted octanol–water partition coefficient (Wildman–Crippen LogP) is 2.15. The van der Waals surface area contributed by atoms with Gasteiger partial charge in [-0.15, -0.1) is 0 Å². The van der Waals surface area contributed by atoms with Crippen molar-refractivity contribution in [2.75, 3.05) is 7.11 Å². The number of halogens is 1. The summed E-state index contributed by atoms with van der Waals surface area (Å²) in [5.74, 6) is 0.224. The van der Waals surface area contributed by atoms with Crippen molar-refractivity contribution < 1.29 is 13.2 Å². The Morgan fingerprint density at radius 2 is 1.88 bits per heavy atom. The molecule has 0 unspecified atom stereocenters. The number of sulfonamides is 1. The van der Waals surface area contributed by atoms with E-state index in [1.165, 1.54) is 13.2 Å². The first-order valence-corrected chi connectivity index (χ1v) is 6.64. The molecule has 2 aromatic carbocycles. The van der Waals surface area contributed by atoms with E-state index in [0.717, 1.165) is 5.39 Å². The molecule has 17 heavy (non-hydrogen) atoms. The van der Waals surface area contributed by atoms with E-state index in [2.05, 4.69) is 0 Å². The standard InChI is InChI=1S/C11H10ClNO3S/c1-16-10-5-7-2-3-9(12)4-8(7)6-11(10)17(13,14)15/h2-6H,1H3,(H2,13,14,15). The number of ether oxygens (including phenoxy) is 1. The van der Waals surface area contributed by atoms with Gasteiger partial charge in [0.1, 0.15) is 10.6 Å². The zero-order valence-electron chi connectivity index (χ0n) is 8.98. The zero-order valence-corrected chi connectivity index (χ0v) is 10.5. The van der Waals surface area contributed by atoms with Gasteiger partial charge >= 0.3 is 0 Å². The van der Waals surface area contributed by atoms with Gasteiger partial charge in [-0.3, -0.25) is 0 Å². The summed E-state index contributed by atoms with van der Waals surface area (Å²) in [6.45, 7) is 0. The second-order valence-electron chi connectivity index (χ2n) is 3.54. The second kappa shape index (κ2) is 4.18. The summed E-state index contributed by atoms with van der Waals surface area (Å²) in [6.07, 6.45) is 0. The van der Waals surface area contributed by atoms with E-state index in [1.807, 2.05) is 0 Å². The Kier molecular flexibility index (Phi) is 2.99. The van der Waals surface area contributed by atoms with Gasteiger partial charge in [-0.25, -0.2) is 13.6 Å². The minimum absolute atomic E-state index is 0.0465. The van der Waals surface area contributed by atoms with E-state index in [0.29, 0.717) is 10.4 Å². The minimum Gasteiger partial charge on any atom is -0.495 e. The average molecular weight is 272 g/mol. The molecule has 2 N–H and O–H groups in total. The third-order valence-corrected chi connectivity index (χ3v) is 3.56. The molecule has 2 rings (SSSR count). The van der Waals surface area contributed by atoms with Crippen molar-refractivity contribution in [3.05, 3.63) is 35.4 Å². The number of benzene rings is 2. The van der Waals surface area contributed by atoms with Crippen LogP contribution in [0, 0.1) is 0 Å². The average Bonchev–Trinajstić information content (AvgIpc) is 2.26. The molecule has 0 spiro atoms. The van der Waals surface area contributed by atoms with Crippen molar-refractivity contribution in [2.24, 2.45) is 5.14 Å². The molecule has 2 aromatic rings. The summed E-state index contributed by atoms with van der Waals surface area (Å²) in [6, 6.07) is 8.25. The van der Waals surface area contributed by atoms with Gasteiger partial charge in [0.2, 0.25) is 10.0 Å². The van der Waals surface area contributed by atoms with E-state index < -0.39 is 10.0 Å². The Hall–Kier alpha value is -1.30. The topological polar surface area (TPSA) is 69.4 Å². The molecule has 4 nitrogen and oxygen atoms in total. The Labute approximate surface area is 104 Å². The highest BCUT2D eigenvalue weighted by Crippen LogP contribution is 2.30. The molecule has 0 amide bonds. The van der Waals surface area contributed by atoms with Crippen molar-refractivity contribution >= 4 is 32.4 Å². The number of hydrogen-bond donors (Lipinski definition) is 1. The minimum atomic E-state index is -3.82. The molecule has 90 valence electrons. The van der Waals surface area contributed by atoms with Gasteiger partial charge in [-0.05, 0) is 35.0 Å². The van der Waals surface area contributed by atoms with E-state index in [-0.39, 0.29) is 10.6 Å². The first-order chi connectivity index (χ1) is 7.91. The van der Waals surface area contributed by atoms with Gasteiger partial charge < -0.3 is 4.74 Å². The molecule has 0 saturated heterocycles. The van der Waals surface area contributed by atoms with E-state index in [9.17, 15) is 8.42 Å². The maximum absolute atomic E-state index is 11.4. The summed E-state index contributed by atoms with van der Waals surface area (Å²) < 4.78 is 27.8. The van der Waals surface area contributed by atoms with Crippen LogP contribution in [0.15, 0.2) is 35.2 Å². The highest BCUT2D eigenvalue weighted by Gasteiger charge is 2.15. The number of nitrogens with two attached hydrogens (primary N) is 1. The Morgan fingerprint density at radius 3 is 2.47 bits per heavy atom. The van der Waals surface area contributed by atoms with Crippen molar-refractivity contribution in [1.82, 2.24) is 0 Å². The lowest BCUT2D eigenvalue weighted by Crippen LogP contribution is -2.13. The number of fused-ring (bicyclic) bond motifs is 1. The van der Waals surface area contributed by atoms with Crippen molar-refractivity contribution in [1.29, 1.82) is 0 Å². The molecular formula is C11H10ClNO3S. The zero-order chi connectivity index (χ0) is 12.6. The first kappa shape index (κ1) is 12.2. The summed E-state index contributed by atoms with van der Waals surface area (Å²) in [7, 11) is -2.42. The summed E-state index contributed by atoms with van der Waals surface area (Å²) in [5.41, 5.74) is 0. The molecule has 0 aliphatic carbocycles. The summed E-state index contributed by atoms with van der Waals surface area (Å²) in [4.78, 5) is -0.0465. The maximum Gasteiger partial charge on any atom is 0.241 e. The molecule has 0 aromatic heterocycles. The highest BCUT2D eigenvalue weighted by molar-refractivity contribution is 7.89. The second-order valence-corrected chi connectivity index (χ2v) is 5.51. The number of methoxy groups -OCH3 is 1. The molecule has 0 heterocycles. The predicted molar refractivity (Wildman–Crippen MR) is 66.9 cm³/mol. The van der Waals surface area contributed by atoms with Gasteiger partial charge in [0.25, 0.3) is 0 Å². The Balaban J connectivity index is 2.83. The van der Waals surface area contributed by atoms with Crippen LogP contribution in [-0.4, -0.2) is 15.5 Å². The van der Waals surface area contributed by atoms with E-state index in [4.69, 9.17) is 21.5 Å². The molecule has 0 saturated carbocycles.